The zero-order chi connectivity index (χ0) is 16.3. The minimum Gasteiger partial charge on any atom is -0.399 e. The van der Waals surface area contributed by atoms with Gasteiger partial charge in [0.05, 0.1) is 21.7 Å². The summed E-state index contributed by atoms with van der Waals surface area (Å²) in [6.07, 6.45) is 2.65. The molecule has 0 saturated carbocycles. The second-order valence-electron chi connectivity index (χ2n) is 6.27. The number of rotatable bonds is 2. The van der Waals surface area contributed by atoms with Crippen molar-refractivity contribution in [3.8, 4) is 0 Å². The number of halogens is 1. The molecule has 9 heteroatoms. The molecule has 3 heterocycles. The number of imidazole rings is 1. The maximum atomic E-state index is 11.1. The van der Waals surface area contributed by atoms with Crippen LogP contribution in [0.5, 0.6) is 0 Å². The Labute approximate surface area is 132 Å². The maximum absolute atomic E-state index is 11.1. The Kier molecular flexibility index (Phi) is 3.25. The van der Waals surface area contributed by atoms with Gasteiger partial charge in [-0.25, -0.2) is 4.98 Å². The highest BCUT2D eigenvalue weighted by molar-refractivity contribution is 6.64. The van der Waals surface area contributed by atoms with Crippen molar-refractivity contribution < 1.29 is 14.2 Å². The van der Waals surface area contributed by atoms with Crippen molar-refractivity contribution in [2.45, 2.75) is 38.9 Å². The number of fused-ring (bicyclic) bond motifs is 1. The molecule has 1 saturated heterocycles. The average Bonchev–Trinajstić information content (AvgIpc) is 2.87. The Morgan fingerprint density at radius 1 is 1.32 bits per heavy atom. The number of nitro groups is 1. The Morgan fingerprint density at radius 2 is 1.91 bits per heavy atom. The van der Waals surface area contributed by atoms with E-state index in [9.17, 15) is 10.1 Å². The van der Waals surface area contributed by atoms with E-state index in [1.807, 2.05) is 27.7 Å². The molecule has 0 aliphatic carbocycles. The molecule has 0 radical (unpaired) electrons. The van der Waals surface area contributed by atoms with Gasteiger partial charge in [-0.1, -0.05) is 11.6 Å². The monoisotopic (exact) mass is 323 g/mol. The van der Waals surface area contributed by atoms with Crippen LogP contribution in [0.4, 0.5) is 5.82 Å². The summed E-state index contributed by atoms with van der Waals surface area (Å²) >= 11 is 6.10. The van der Waals surface area contributed by atoms with Crippen LogP contribution >= 0.6 is 11.6 Å². The molecule has 7 nitrogen and oxygen atoms in total. The predicted molar refractivity (Wildman–Crippen MR) is 82.6 cm³/mol. The highest BCUT2D eigenvalue weighted by Crippen LogP contribution is 2.37. The average molecular weight is 324 g/mol. The lowest BCUT2D eigenvalue weighted by Gasteiger charge is -2.32. The van der Waals surface area contributed by atoms with Gasteiger partial charge in [0.2, 0.25) is 5.65 Å². The molecule has 0 unspecified atom stereocenters. The Morgan fingerprint density at radius 3 is 2.45 bits per heavy atom. The standard InChI is InChI=1S/C13H15BClN3O4/c1-12(2)13(3,4)22-14(21-12)9-5-8(15)7-17-10(18(19)20)6-16-11(9)17/h5-7H,1-4H3. The third-order valence-corrected chi connectivity index (χ3v) is 4.48. The molecule has 0 bridgehead atoms. The summed E-state index contributed by atoms with van der Waals surface area (Å²) < 4.78 is 13.3. The van der Waals surface area contributed by atoms with Crippen LogP contribution in [-0.2, 0) is 9.31 Å². The van der Waals surface area contributed by atoms with Gasteiger partial charge in [-0.2, -0.15) is 4.40 Å². The van der Waals surface area contributed by atoms with Gasteiger partial charge < -0.3 is 19.4 Å². The molecule has 0 amide bonds. The van der Waals surface area contributed by atoms with Gasteiger partial charge in [0.25, 0.3) is 0 Å². The van der Waals surface area contributed by atoms with Gasteiger partial charge >= 0.3 is 12.9 Å². The minimum atomic E-state index is -0.687. The van der Waals surface area contributed by atoms with Crippen LogP contribution in [0.25, 0.3) is 5.65 Å². The molecule has 1 aliphatic rings. The van der Waals surface area contributed by atoms with Gasteiger partial charge in [-0.3, -0.25) is 0 Å². The summed E-state index contributed by atoms with van der Waals surface area (Å²) in [7, 11) is -0.687. The summed E-state index contributed by atoms with van der Waals surface area (Å²) in [5.74, 6) is -0.157. The fourth-order valence-electron chi connectivity index (χ4n) is 2.34. The van der Waals surface area contributed by atoms with Crippen LogP contribution in [0.1, 0.15) is 27.7 Å². The molecule has 2 aromatic rings. The lowest BCUT2D eigenvalue weighted by atomic mass is 9.79. The van der Waals surface area contributed by atoms with Gasteiger partial charge in [0.1, 0.15) is 12.4 Å². The predicted octanol–water partition coefficient (Wildman–Crippen LogP) is 2.20. The molecule has 116 valence electrons. The van der Waals surface area contributed by atoms with E-state index in [4.69, 9.17) is 20.9 Å². The Balaban J connectivity index is 2.15. The second kappa shape index (κ2) is 4.68. The summed E-state index contributed by atoms with van der Waals surface area (Å²) in [6.45, 7) is 7.73. The van der Waals surface area contributed by atoms with Crippen LogP contribution in [0.3, 0.4) is 0 Å². The second-order valence-corrected chi connectivity index (χ2v) is 6.71. The van der Waals surface area contributed by atoms with E-state index in [-0.39, 0.29) is 5.82 Å². The first-order chi connectivity index (χ1) is 10.1. The van der Waals surface area contributed by atoms with Crippen LogP contribution in [0, 0.1) is 10.1 Å². The van der Waals surface area contributed by atoms with E-state index < -0.39 is 23.2 Å². The highest BCUT2D eigenvalue weighted by Gasteiger charge is 2.53. The highest BCUT2D eigenvalue weighted by atomic mass is 35.5. The fourth-order valence-corrected chi connectivity index (χ4v) is 2.56. The number of hydrogen-bond donors (Lipinski definition) is 0. The molecule has 1 fully saturated rings. The number of hydrogen-bond acceptors (Lipinski definition) is 5. The fraction of sp³-hybridized carbons (Fsp3) is 0.462. The summed E-state index contributed by atoms with van der Waals surface area (Å²) in [5, 5.41) is 11.4. The van der Waals surface area contributed by atoms with Crippen molar-refractivity contribution in [3.63, 3.8) is 0 Å². The maximum Gasteiger partial charge on any atom is 0.501 e. The zero-order valence-corrected chi connectivity index (χ0v) is 13.4. The minimum absolute atomic E-state index is 0.157. The quantitative estimate of drug-likeness (QED) is 0.481. The Bertz CT molecular complexity index is 758. The normalized spacial score (nSPS) is 19.8. The van der Waals surface area contributed by atoms with Crippen molar-refractivity contribution in [2.75, 3.05) is 0 Å². The molecule has 2 aromatic heterocycles. The molecule has 0 spiro atoms. The van der Waals surface area contributed by atoms with Crippen molar-refractivity contribution in [3.05, 3.63) is 33.6 Å². The summed E-state index contributed by atoms with van der Waals surface area (Å²) in [4.78, 5) is 14.7. The van der Waals surface area contributed by atoms with Gasteiger partial charge in [0.15, 0.2) is 0 Å². The third-order valence-electron chi connectivity index (χ3n) is 4.28. The van der Waals surface area contributed by atoms with Gasteiger partial charge in [-0.15, -0.1) is 0 Å². The molecule has 22 heavy (non-hydrogen) atoms. The first-order valence-corrected chi connectivity index (χ1v) is 7.17. The first kappa shape index (κ1) is 15.3. The van der Waals surface area contributed by atoms with Crippen molar-refractivity contribution in [2.24, 2.45) is 0 Å². The van der Waals surface area contributed by atoms with Crippen LogP contribution in [0.15, 0.2) is 18.5 Å². The molecular formula is C13H15BClN3O4. The van der Waals surface area contributed by atoms with Crippen LogP contribution in [-0.4, -0.2) is 32.6 Å². The van der Waals surface area contributed by atoms with E-state index >= 15 is 0 Å². The molecule has 3 rings (SSSR count). The van der Waals surface area contributed by atoms with E-state index in [1.165, 1.54) is 16.8 Å². The van der Waals surface area contributed by atoms with E-state index in [0.717, 1.165) is 0 Å². The molecular weight excluding hydrogens is 308 g/mol. The van der Waals surface area contributed by atoms with E-state index in [2.05, 4.69) is 4.98 Å². The first-order valence-electron chi connectivity index (χ1n) is 6.79. The Hall–Kier alpha value is -1.64. The van der Waals surface area contributed by atoms with E-state index in [1.54, 1.807) is 6.07 Å². The van der Waals surface area contributed by atoms with Crippen LogP contribution in [0.2, 0.25) is 5.02 Å². The zero-order valence-electron chi connectivity index (χ0n) is 12.7. The smallest absolute Gasteiger partial charge is 0.399 e. The molecule has 0 aromatic carbocycles. The van der Waals surface area contributed by atoms with Gasteiger partial charge in [-0.05, 0) is 38.7 Å². The largest absolute Gasteiger partial charge is 0.501 e. The van der Waals surface area contributed by atoms with Crippen molar-refractivity contribution in [1.29, 1.82) is 0 Å². The van der Waals surface area contributed by atoms with E-state index in [0.29, 0.717) is 16.1 Å². The van der Waals surface area contributed by atoms with Gasteiger partial charge in [0, 0.05) is 0 Å². The third kappa shape index (κ3) is 2.18. The lowest BCUT2D eigenvalue weighted by Crippen LogP contribution is -2.41. The molecule has 1 aliphatic heterocycles. The van der Waals surface area contributed by atoms with Crippen LogP contribution < -0.4 is 5.46 Å². The number of nitrogens with zero attached hydrogens (tertiary/aromatic N) is 3. The molecule has 0 N–H and O–H groups in total. The summed E-state index contributed by atoms with van der Waals surface area (Å²) in [5.41, 5.74) is -0.0702. The lowest BCUT2D eigenvalue weighted by molar-refractivity contribution is -0.390. The van der Waals surface area contributed by atoms with Crippen molar-refractivity contribution >= 4 is 35.6 Å². The number of aromatic nitrogens is 2. The van der Waals surface area contributed by atoms with Crippen molar-refractivity contribution in [1.82, 2.24) is 9.38 Å². The molecule has 0 atom stereocenters. The topological polar surface area (TPSA) is 78.9 Å². The summed E-state index contributed by atoms with van der Waals surface area (Å²) in [6, 6.07) is 1.66. The SMILES string of the molecule is CC1(C)OB(c2cc(Cl)cn3c([N+](=O)[O-])cnc23)OC1(C)C. The number of pyridine rings is 1.